The lowest BCUT2D eigenvalue weighted by atomic mass is 10.1. The molecular formula is C19H23N3O2. The van der Waals surface area contributed by atoms with Crippen LogP contribution in [-0.2, 0) is 17.6 Å². The number of rotatable bonds is 7. The summed E-state index contributed by atoms with van der Waals surface area (Å²) in [5.41, 5.74) is 8.08. The van der Waals surface area contributed by atoms with E-state index in [0.29, 0.717) is 12.1 Å². The number of nitrogens with one attached hydrogen (secondary N) is 2. The number of nitrogens with two attached hydrogens (primary N) is 1. The average Bonchev–Trinajstić information content (AvgIpc) is 2.57. The molecule has 24 heavy (non-hydrogen) atoms. The minimum absolute atomic E-state index is 0.291. The molecule has 126 valence electrons. The van der Waals surface area contributed by atoms with Crippen LogP contribution in [-0.4, -0.2) is 18.0 Å². The molecule has 0 aromatic heterocycles. The minimum atomic E-state index is -0.722. The maximum absolute atomic E-state index is 12.5. The summed E-state index contributed by atoms with van der Waals surface area (Å²) in [7, 11) is 0. The van der Waals surface area contributed by atoms with E-state index in [9.17, 15) is 9.59 Å². The van der Waals surface area contributed by atoms with Crippen molar-refractivity contribution in [2.24, 2.45) is 5.73 Å². The van der Waals surface area contributed by atoms with E-state index in [4.69, 9.17) is 5.73 Å². The van der Waals surface area contributed by atoms with Crippen LogP contribution < -0.4 is 16.4 Å². The summed E-state index contributed by atoms with van der Waals surface area (Å²) in [5.74, 6) is -0.291. The Labute approximate surface area is 142 Å². The third-order valence-corrected chi connectivity index (χ3v) is 3.68. The van der Waals surface area contributed by atoms with Crippen LogP contribution >= 0.6 is 0 Å². The number of amides is 3. The first kappa shape index (κ1) is 17.5. The third-order valence-electron chi connectivity index (χ3n) is 3.68. The number of urea groups is 1. The molecule has 1 atom stereocenters. The van der Waals surface area contributed by atoms with Gasteiger partial charge in [-0.1, -0.05) is 55.8 Å². The van der Waals surface area contributed by atoms with Crippen LogP contribution in [0.3, 0.4) is 0 Å². The van der Waals surface area contributed by atoms with Crippen molar-refractivity contribution in [3.8, 4) is 0 Å². The molecule has 0 fully saturated rings. The van der Waals surface area contributed by atoms with E-state index in [-0.39, 0.29) is 5.91 Å². The predicted octanol–water partition coefficient (Wildman–Crippen LogP) is 2.86. The molecule has 0 aliphatic carbocycles. The first-order chi connectivity index (χ1) is 11.6. The fraction of sp³-hybridized carbons (Fsp3) is 0.263. The maximum Gasteiger partial charge on any atom is 0.312 e. The highest BCUT2D eigenvalue weighted by atomic mass is 16.2. The molecule has 2 aromatic rings. The lowest BCUT2D eigenvalue weighted by Gasteiger charge is -2.17. The first-order valence-corrected chi connectivity index (χ1v) is 8.08. The number of aryl methyl sites for hydroxylation is 1. The van der Waals surface area contributed by atoms with Crippen molar-refractivity contribution in [2.45, 2.75) is 32.2 Å². The molecule has 3 amide bonds. The van der Waals surface area contributed by atoms with E-state index in [1.165, 1.54) is 5.56 Å². The van der Waals surface area contributed by atoms with Crippen LogP contribution in [0.1, 0.15) is 24.5 Å². The van der Waals surface area contributed by atoms with Gasteiger partial charge in [0.25, 0.3) is 0 Å². The van der Waals surface area contributed by atoms with Gasteiger partial charge < -0.3 is 16.4 Å². The predicted molar refractivity (Wildman–Crippen MR) is 95.7 cm³/mol. The SMILES string of the molecule is CCCc1ccc(NC(=O)C(Cc2ccccc2)NC(N)=O)cc1. The summed E-state index contributed by atoms with van der Waals surface area (Å²) < 4.78 is 0. The topological polar surface area (TPSA) is 84.2 Å². The highest BCUT2D eigenvalue weighted by Crippen LogP contribution is 2.12. The summed E-state index contributed by atoms with van der Waals surface area (Å²) in [4.78, 5) is 23.7. The summed E-state index contributed by atoms with van der Waals surface area (Å²) in [6, 6.07) is 15.8. The van der Waals surface area contributed by atoms with Gasteiger partial charge in [-0.3, -0.25) is 4.79 Å². The number of anilines is 1. The van der Waals surface area contributed by atoms with Crippen molar-refractivity contribution in [1.82, 2.24) is 5.32 Å². The lowest BCUT2D eigenvalue weighted by Crippen LogP contribution is -2.47. The zero-order valence-electron chi connectivity index (χ0n) is 13.8. The van der Waals surface area contributed by atoms with Crippen molar-refractivity contribution in [3.05, 3.63) is 65.7 Å². The van der Waals surface area contributed by atoms with Gasteiger partial charge in [-0.15, -0.1) is 0 Å². The Bertz CT molecular complexity index is 669. The van der Waals surface area contributed by atoms with Gasteiger partial charge in [0.15, 0.2) is 0 Å². The van der Waals surface area contributed by atoms with E-state index < -0.39 is 12.1 Å². The maximum atomic E-state index is 12.5. The Hall–Kier alpha value is -2.82. The van der Waals surface area contributed by atoms with Gasteiger partial charge >= 0.3 is 6.03 Å². The van der Waals surface area contributed by atoms with Gasteiger partial charge in [-0.2, -0.15) is 0 Å². The highest BCUT2D eigenvalue weighted by Gasteiger charge is 2.20. The van der Waals surface area contributed by atoms with Crippen LogP contribution in [0.2, 0.25) is 0 Å². The van der Waals surface area contributed by atoms with E-state index in [1.807, 2.05) is 54.6 Å². The van der Waals surface area contributed by atoms with Crippen LogP contribution in [0.5, 0.6) is 0 Å². The van der Waals surface area contributed by atoms with Gasteiger partial charge in [0.1, 0.15) is 6.04 Å². The largest absolute Gasteiger partial charge is 0.352 e. The number of carbonyl (C=O) groups excluding carboxylic acids is 2. The van der Waals surface area contributed by atoms with Gasteiger partial charge in [0.2, 0.25) is 5.91 Å². The molecule has 0 saturated heterocycles. The second-order valence-corrected chi connectivity index (χ2v) is 5.69. The third kappa shape index (κ3) is 5.43. The normalized spacial score (nSPS) is 11.5. The molecule has 1 unspecified atom stereocenters. The molecule has 2 rings (SSSR count). The van der Waals surface area contributed by atoms with Crippen LogP contribution in [0.15, 0.2) is 54.6 Å². The van der Waals surface area contributed by atoms with Crippen molar-refractivity contribution >= 4 is 17.6 Å². The van der Waals surface area contributed by atoms with Crippen molar-refractivity contribution in [3.63, 3.8) is 0 Å². The summed E-state index contributed by atoms with van der Waals surface area (Å²) in [5, 5.41) is 5.33. The van der Waals surface area contributed by atoms with Gasteiger partial charge in [0.05, 0.1) is 0 Å². The summed E-state index contributed by atoms with van der Waals surface area (Å²) >= 11 is 0. The van der Waals surface area contributed by atoms with Crippen molar-refractivity contribution < 1.29 is 9.59 Å². The lowest BCUT2D eigenvalue weighted by molar-refractivity contribution is -0.117. The van der Waals surface area contributed by atoms with Gasteiger partial charge in [-0.05, 0) is 29.7 Å². The quantitative estimate of drug-likeness (QED) is 0.731. The fourth-order valence-electron chi connectivity index (χ4n) is 2.50. The number of primary amides is 1. The second-order valence-electron chi connectivity index (χ2n) is 5.69. The Kier molecular flexibility index (Phi) is 6.37. The van der Waals surface area contributed by atoms with E-state index in [0.717, 1.165) is 18.4 Å². The Morgan fingerprint density at radius 1 is 1.00 bits per heavy atom. The van der Waals surface area contributed by atoms with Crippen LogP contribution in [0.4, 0.5) is 10.5 Å². The number of carbonyl (C=O) groups is 2. The van der Waals surface area contributed by atoms with Crippen molar-refractivity contribution in [1.29, 1.82) is 0 Å². The number of hydrogen-bond donors (Lipinski definition) is 3. The molecule has 4 N–H and O–H groups in total. The monoisotopic (exact) mass is 325 g/mol. The molecular weight excluding hydrogens is 302 g/mol. The minimum Gasteiger partial charge on any atom is -0.352 e. The molecule has 0 aliphatic rings. The van der Waals surface area contributed by atoms with Crippen LogP contribution in [0.25, 0.3) is 0 Å². The Balaban J connectivity index is 2.05. The zero-order valence-corrected chi connectivity index (χ0v) is 13.8. The van der Waals surface area contributed by atoms with Crippen LogP contribution in [0, 0.1) is 0 Å². The molecule has 0 saturated carbocycles. The van der Waals surface area contributed by atoms with Gasteiger partial charge in [0, 0.05) is 12.1 Å². The summed E-state index contributed by atoms with van der Waals surface area (Å²) in [6.07, 6.45) is 2.46. The standard InChI is InChI=1S/C19H23N3O2/c1-2-6-14-9-11-16(12-10-14)21-18(23)17(22-19(20)24)13-15-7-4-3-5-8-15/h3-5,7-12,17H,2,6,13H2,1H3,(H,21,23)(H3,20,22,24). The van der Waals surface area contributed by atoms with Gasteiger partial charge in [-0.25, -0.2) is 4.79 Å². The number of benzene rings is 2. The first-order valence-electron chi connectivity index (χ1n) is 8.08. The molecule has 0 radical (unpaired) electrons. The highest BCUT2D eigenvalue weighted by molar-refractivity contribution is 5.97. The molecule has 5 heteroatoms. The van der Waals surface area contributed by atoms with E-state index in [1.54, 1.807) is 0 Å². The molecule has 0 aliphatic heterocycles. The van der Waals surface area contributed by atoms with E-state index in [2.05, 4.69) is 17.6 Å². The fourth-order valence-corrected chi connectivity index (χ4v) is 2.50. The second kappa shape index (κ2) is 8.72. The number of hydrogen-bond acceptors (Lipinski definition) is 2. The molecule has 2 aromatic carbocycles. The van der Waals surface area contributed by atoms with Crippen molar-refractivity contribution in [2.75, 3.05) is 5.32 Å². The molecule has 5 nitrogen and oxygen atoms in total. The smallest absolute Gasteiger partial charge is 0.312 e. The summed E-state index contributed by atoms with van der Waals surface area (Å²) in [6.45, 7) is 2.12. The average molecular weight is 325 g/mol. The molecule has 0 spiro atoms. The zero-order chi connectivity index (χ0) is 17.4. The Morgan fingerprint density at radius 3 is 2.25 bits per heavy atom. The Morgan fingerprint density at radius 2 is 1.67 bits per heavy atom. The molecule has 0 heterocycles. The molecule has 0 bridgehead atoms. The van der Waals surface area contributed by atoms with E-state index >= 15 is 0 Å².